The minimum absolute atomic E-state index is 0.0371. The van der Waals surface area contributed by atoms with Gasteiger partial charge in [-0.3, -0.25) is 4.79 Å². The van der Waals surface area contributed by atoms with Gasteiger partial charge in [0.1, 0.15) is 6.61 Å². The van der Waals surface area contributed by atoms with Crippen molar-refractivity contribution in [3.63, 3.8) is 0 Å². The van der Waals surface area contributed by atoms with Crippen molar-refractivity contribution in [2.75, 3.05) is 13.2 Å². The second-order valence-corrected chi connectivity index (χ2v) is 15.7. The molecule has 5 saturated carbocycles. The third kappa shape index (κ3) is 4.37. The lowest BCUT2D eigenvalue weighted by Gasteiger charge is -2.72. The maximum Gasteiger partial charge on any atom is 0.331 e. The minimum atomic E-state index is -0.485. The van der Waals surface area contributed by atoms with E-state index >= 15 is 0 Å². The van der Waals surface area contributed by atoms with Crippen LogP contribution in [0.3, 0.4) is 0 Å². The van der Waals surface area contributed by atoms with Crippen molar-refractivity contribution >= 4 is 17.7 Å². The quantitative estimate of drug-likeness (QED) is 0.107. The average molecular weight is 569 g/mol. The first-order valence-corrected chi connectivity index (χ1v) is 16.0. The Balaban J connectivity index is 1.52. The molecule has 0 spiro atoms. The molecule has 7 heteroatoms. The minimum Gasteiger partial charge on any atom is -0.465 e. The number of carbonyl (C=O) groups is 2. The standard InChI is InChI=1S/C34H52N2O5/c1-21(2)24-11-16-34(19-35-39)18-17-32(7)25(29(24)34)9-10-27-30(5)14-13-28(36-41-23(4)38)31(6,20-40-22(3)37)26(30)12-15-33(27,32)8/h24-27,29H,1,9-20H2,2-8H3/t24-,25+,26+,27+,29+,30-,31?,32+,33+,34+/m0/s1. The van der Waals surface area contributed by atoms with Crippen LogP contribution >= 0.6 is 0 Å². The third-order valence-corrected chi connectivity index (χ3v) is 14.1. The molecule has 5 fully saturated rings. The maximum atomic E-state index is 12.0. The second-order valence-electron chi connectivity index (χ2n) is 15.7. The molecule has 5 aliphatic rings. The Morgan fingerprint density at radius 2 is 1.61 bits per heavy atom. The maximum absolute atomic E-state index is 12.0. The number of esters is 1. The highest BCUT2D eigenvalue weighted by Crippen LogP contribution is 2.77. The fourth-order valence-electron chi connectivity index (χ4n) is 12.0. The predicted octanol–water partition coefficient (Wildman–Crippen LogP) is 7.87. The molecule has 0 aromatic rings. The number of ether oxygens (including phenoxy) is 1. The molecule has 41 heavy (non-hydrogen) atoms. The lowest BCUT2D eigenvalue weighted by molar-refractivity contribution is -0.230. The summed E-state index contributed by atoms with van der Waals surface area (Å²) in [6.45, 7) is 20.0. The first kappa shape index (κ1) is 30.4. The molecular weight excluding hydrogens is 516 g/mol. The molecule has 0 aromatic heterocycles. The van der Waals surface area contributed by atoms with Crippen molar-refractivity contribution in [2.45, 2.75) is 113 Å². The zero-order valence-electron chi connectivity index (χ0n) is 26.5. The van der Waals surface area contributed by atoms with Gasteiger partial charge in [0.25, 0.3) is 0 Å². The topological polar surface area (TPSA) is 94.4 Å². The molecular formula is C34H52N2O5. The molecule has 0 aliphatic heterocycles. The van der Waals surface area contributed by atoms with Gasteiger partial charge in [-0.05, 0) is 122 Å². The molecule has 0 amide bonds. The smallest absolute Gasteiger partial charge is 0.331 e. The number of hydrogen-bond donors (Lipinski definition) is 0. The Morgan fingerprint density at radius 3 is 2.24 bits per heavy atom. The number of nitroso groups, excluding NO2 is 1. The van der Waals surface area contributed by atoms with Crippen LogP contribution in [0.4, 0.5) is 0 Å². The van der Waals surface area contributed by atoms with Crippen molar-refractivity contribution in [3.8, 4) is 0 Å². The molecule has 0 heterocycles. The van der Waals surface area contributed by atoms with Crippen molar-refractivity contribution < 1.29 is 19.2 Å². The van der Waals surface area contributed by atoms with E-state index in [1.807, 2.05) is 0 Å². The van der Waals surface area contributed by atoms with Gasteiger partial charge in [-0.1, -0.05) is 50.2 Å². The van der Waals surface area contributed by atoms with Gasteiger partial charge in [0.15, 0.2) is 0 Å². The number of fused-ring (bicyclic) bond motifs is 7. The van der Waals surface area contributed by atoms with E-state index in [-0.39, 0.29) is 40.2 Å². The Hall–Kier alpha value is -2.05. The van der Waals surface area contributed by atoms with Crippen molar-refractivity contribution in [1.29, 1.82) is 0 Å². The summed E-state index contributed by atoms with van der Waals surface area (Å²) < 4.78 is 5.70. The van der Waals surface area contributed by atoms with Crippen LogP contribution in [0.2, 0.25) is 0 Å². The Kier molecular flexibility index (Phi) is 7.63. The SMILES string of the molecule is C=C(C)[C@@H]1CC[C@]2(CN=O)CC[C@]3(C)[C@H](CC[C@@H]4[C@@]5(C)CCC(=NOC(C)=O)C(C)(COC(C)=O)[C@@H]5CC[C@]43C)[C@@H]12. The lowest BCUT2D eigenvalue weighted by Crippen LogP contribution is -2.67. The summed E-state index contributed by atoms with van der Waals surface area (Å²) in [5.74, 6) is 1.62. The van der Waals surface area contributed by atoms with Gasteiger partial charge >= 0.3 is 11.9 Å². The van der Waals surface area contributed by atoms with Crippen molar-refractivity contribution in [2.24, 2.45) is 67.0 Å². The summed E-state index contributed by atoms with van der Waals surface area (Å²) in [6.07, 6.45) is 10.7. The zero-order valence-corrected chi connectivity index (χ0v) is 26.5. The largest absolute Gasteiger partial charge is 0.465 e. The molecule has 7 nitrogen and oxygen atoms in total. The van der Waals surface area contributed by atoms with Crippen LogP contribution in [0.25, 0.3) is 0 Å². The van der Waals surface area contributed by atoms with E-state index in [9.17, 15) is 14.5 Å². The summed E-state index contributed by atoms with van der Waals surface area (Å²) in [7, 11) is 0. The molecule has 0 N–H and O–H groups in total. The van der Waals surface area contributed by atoms with E-state index in [1.54, 1.807) is 0 Å². The van der Waals surface area contributed by atoms with E-state index in [4.69, 9.17) is 9.57 Å². The van der Waals surface area contributed by atoms with Crippen molar-refractivity contribution in [1.82, 2.24) is 0 Å². The fraction of sp³-hybridized carbons (Fsp3) is 0.853. The van der Waals surface area contributed by atoms with Crippen LogP contribution in [0, 0.1) is 61.6 Å². The molecule has 0 aromatic carbocycles. The van der Waals surface area contributed by atoms with Gasteiger partial charge in [-0.25, -0.2) is 4.79 Å². The van der Waals surface area contributed by atoms with Crippen LogP contribution < -0.4 is 0 Å². The normalized spacial score (nSPS) is 47.8. The van der Waals surface area contributed by atoms with Gasteiger partial charge in [-0.15, -0.1) is 0 Å². The Bertz CT molecular complexity index is 1150. The Labute approximate surface area is 246 Å². The fourth-order valence-corrected chi connectivity index (χ4v) is 12.0. The highest BCUT2D eigenvalue weighted by molar-refractivity contribution is 5.91. The highest BCUT2D eigenvalue weighted by atomic mass is 16.7. The zero-order chi connectivity index (χ0) is 30.0. The summed E-state index contributed by atoms with van der Waals surface area (Å²) in [6, 6.07) is 0. The van der Waals surface area contributed by atoms with Crippen LogP contribution in [-0.4, -0.2) is 30.8 Å². The molecule has 228 valence electrons. The van der Waals surface area contributed by atoms with Crippen LogP contribution in [-0.2, 0) is 19.2 Å². The summed E-state index contributed by atoms with van der Waals surface area (Å²) in [4.78, 5) is 40.6. The molecule has 5 aliphatic carbocycles. The number of rotatable bonds is 6. The van der Waals surface area contributed by atoms with Crippen molar-refractivity contribution in [3.05, 3.63) is 17.1 Å². The molecule has 0 radical (unpaired) electrons. The number of nitrogens with zero attached hydrogens (tertiary/aromatic N) is 2. The molecule has 1 unspecified atom stereocenters. The Morgan fingerprint density at radius 1 is 0.878 bits per heavy atom. The highest BCUT2D eigenvalue weighted by Gasteiger charge is 2.71. The first-order chi connectivity index (χ1) is 19.2. The first-order valence-electron chi connectivity index (χ1n) is 16.0. The van der Waals surface area contributed by atoms with Gasteiger partial charge in [0, 0.05) is 19.3 Å². The molecule has 5 rings (SSSR count). The lowest BCUT2D eigenvalue weighted by atomic mass is 9.32. The van der Waals surface area contributed by atoms with E-state index in [1.165, 1.54) is 32.3 Å². The van der Waals surface area contributed by atoms with Crippen LogP contribution in [0.15, 0.2) is 22.5 Å². The van der Waals surface area contributed by atoms with E-state index in [0.29, 0.717) is 30.2 Å². The van der Waals surface area contributed by atoms with Gasteiger partial charge in [0.05, 0.1) is 12.3 Å². The molecule has 10 atom stereocenters. The predicted molar refractivity (Wildman–Crippen MR) is 160 cm³/mol. The number of hydrogen-bond acceptors (Lipinski definition) is 7. The van der Waals surface area contributed by atoms with Gasteiger partial charge < -0.3 is 9.57 Å². The van der Waals surface area contributed by atoms with Gasteiger partial charge in [0.2, 0.25) is 0 Å². The third-order valence-electron chi connectivity index (χ3n) is 14.1. The molecule has 0 saturated heterocycles. The average Bonchev–Trinajstić information content (AvgIpc) is 3.27. The van der Waals surface area contributed by atoms with E-state index < -0.39 is 11.4 Å². The number of allylic oxidation sites excluding steroid dienone is 1. The summed E-state index contributed by atoms with van der Waals surface area (Å²) >= 11 is 0. The van der Waals surface area contributed by atoms with E-state index in [2.05, 4.69) is 51.5 Å². The van der Waals surface area contributed by atoms with E-state index in [0.717, 1.165) is 57.1 Å². The summed E-state index contributed by atoms with van der Waals surface area (Å²) in [5.41, 5.74) is 2.07. The van der Waals surface area contributed by atoms with Gasteiger partial charge in [-0.2, -0.15) is 4.91 Å². The second kappa shape index (κ2) is 10.3. The van der Waals surface area contributed by atoms with Crippen LogP contribution in [0.1, 0.15) is 113 Å². The summed E-state index contributed by atoms with van der Waals surface area (Å²) in [5, 5.41) is 7.89. The van der Waals surface area contributed by atoms with Crippen LogP contribution in [0.5, 0.6) is 0 Å². The monoisotopic (exact) mass is 568 g/mol. The number of oxime groups is 1. The molecule has 0 bridgehead atoms. The number of carbonyl (C=O) groups excluding carboxylic acids is 2.